The maximum Gasteiger partial charge on any atom is 0.355 e. The number of rotatable bonds is 12. The molecule has 3 aromatic rings. The van der Waals surface area contributed by atoms with E-state index in [1.807, 2.05) is 20.8 Å². The van der Waals surface area contributed by atoms with Gasteiger partial charge in [0.15, 0.2) is 0 Å². The van der Waals surface area contributed by atoms with Crippen molar-refractivity contribution < 1.29 is 19.0 Å². The van der Waals surface area contributed by atoms with Crippen LogP contribution in [0, 0.1) is 13.8 Å². The lowest BCUT2D eigenvalue weighted by Crippen LogP contribution is -2.38. The number of nitrogens with zero attached hydrogens (tertiary/aromatic N) is 4. The highest BCUT2D eigenvalue weighted by atomic mass is 16.6. The van der Waals surface area contributed by atoms with E-state index in [-0.39, 0.29) is 5.97 Å². The van der Waals surface area contributed by atoms with E-state index in [2.05, 4.69) is 46.2 Å². The number of para-hydroxylation sites is 1. The Bertz CT molecular complexity index is 1300. The van der Waals surface area contributed by atoms with Crippen molar-refractivity contribution in [2.75, 3.05) is 53.1 Å². The van der Waals surface area contributed by atoms with Gasteiger partial charge < -0.3 is 24.5 Å². The topological polar surface area (TPSA) is 96.8 Å². The first-order chi connectivity index (χ1) is 19.2. The fourth-order valence-corrected chi connectivity index (χ4v) is 5.72. The largest absolute Gasteiger partial charge is 0.455 e. The summed E-state index contributed by atoms with van der Waals surface area (Å²) >= 11 is 0. The zero-order chi connectivity index (χ0) is 28.9. The van der Waals surface area contributed by atoms with Crippen molar-refractivity contribution in [3.63, 3.8) is 0 Å². The molecular weight excluding hydrogens is 506 g/mol. The number of aromatic nitrogens is 3. The van der Waals surface area contributed by atoms with Crippen molar-refractivity contribution in [2.24, 2.45) is 5.73 Å². The number of morpholine rings is 1. The molecule has 4 rings (SSSR count). The van der Waals surface area contributed by atoms with Gasteiger partial charge in [-0.25, -0.2) is 4.79 Å². The summed E-state index contributed by atoms with van der Waals surface area (Å²) in [6.07, 6.45) is 2.41. The lowest BCUT2D eigenvalue weighted by atomic mass is 9.98. The molecule has 40 heavy (non-hydrogen) atoms. The van der Waals surface area contributed by atoms with Gasteiger partial charge in [0, 0.05) is 68.6 Å². The van der Waals surface area contributed by atoms with Crippen LogP contribution in [0.15, 0.2) is 18.2 Å². The highest BCUT2D eigenvalue weighted by Crippen LogP contribution is 2.38. The fourth-order valence-electron chi connectivity index (χ4n) is 5.72. The quantitative estimate of drug-likeness (QED) is 0.263. The van der Waals surface area contributed by atoms with Crippen molar-refractivity contribution in [3.05, 3.63) is 40.8 Å². The number of methoxy groups -OCH3 is 1. The van der Waals surface area contributed by atoms with E-state index in [4.69, 9.17) is 25.0 Å². The van der Waals surface area contributed by atoms with E-state index in [0.717, 1.165) is 97.6 Å². The Morgan fingerprint density at radius 2 is 1.85 bits per heavy atom. The summed E-state index contributed by atoms with van der Waals surface area (Å²) in [4.78, 5) is 16.3. The summed E-state index contributed by atoms with van der Waals surface area (Å²) in [6.45, 7) is 16.7. The van der Waals surface area contributed by atoms with Crippen LogP contribution in [0.1, 0.15) is 61.1 Å². The second-order valence-corrected chi connectivity index (χ2v) is 11.6. The SMILES string of the molecule is COCCCc1c(C(=O)OC(C)(C)C)n(CCN2CCOCC2)c2c(-c3c(C)nn(CCCN)c3C)cccc12. The Hall–Kier alpha value is -2.72. The van der Waals surface area contributed by atoms with Crippen LogP contribution in [0.2, 0.25) is 0 Å². The number of benzene rings is 1. The van der Waals surface area contributed by atoms with E-state index < -0.39 is 5.60 Å². The Labute approximate surface area is 238 Å². The van der Waals surface area contributed by atoms with Crippen LogP contribution in [0.3, 0.4) is 0 Å². The van der Waals surface area contributed by atoms with Crippen LogP contribution in [0.25, 0.3) is 22.0 Å². The minimum atomic E-state index is -0.605. The van der Waals surface area contributed by atoms with Crippen molar-refractivity contribution in [2.45, 2.75) is 72.6 Å². The molecule has 3 heterocycles. The van der Waals surface area contributed by atoms with Crippen molar-refractivity contribution >= 4 is 16.9 Å². The minimum absolute atomic E-state index is 0.281. The Morgan fingerprint density at radius 3 is 2.52 bits per heavy atom. The second kappa shape index (κ2) is 13.3. The third kappa shape index (κ3) is 6.77. The molecule has 0 unspecified atom stereocenters. The molecule has 0 aliphatic carbocycles. The predicted octanol–water partition coefficient (Wildman–Crippen LogP) is 4.34. The summed E-state index contributed by atoms with van der Waals surface area (Å²) in [5, 5.41) is 5.96. The molecule has 2 aromatic heterocycles. The lowest BCUT2D eigenvalue weighted by molar-refractivity contribution is 0.00538. The summed E-state index contributed by atoms with van der Waals surface area (Å²) in [5.74, 6) is -0.281. The van der Waals surface area contributed by atoms with E-state index >= 15 is 0 Å². The number of aryl methyl sites for hydroxylation is 3. The molecule has 0 atom stereocenters. The molecule has 1 aliphatic rings. The summed E-state index contributed by atoms with van der Waals surface area (Å²) in [5.41, 5.74) is 12.2. The molecule has 0 spiro atoms. The Morgan fingerprint density at radius 1 is 1.10 bits per heavy atom. The van der Waals surface area contributed by atoms with Crippen molar-refractivity contribution in [1.82, 2.24) is 19.2 Å². The zero-order valence-electron chi connectivity index (χ0n) is 25.2. The maximum atomic E-state index is 13.9. The number of hydrogen-bond acceptors (Lipinski definition) is 7. The average Bonchev–Trinajstić information content (AvgIpc) is 3.38. The third-order valence-electron chi connectivity index (χ3n) is 7.52. The van der Waals surface area contributed by atoms with Crippen LogP contribution in [-0.4, -0.2) is 83.9 Å². The first kappa shape index (κ1) is 30.2. The third-order valence-corrected chi connectivity index (χ3v) is 7.52. The molecule has 220 valence electrons. The minimum Gasteiger partial charge on any atom is -0.455 e. The summed E-state index contributed by atoms with van der Waals surface area (Å²) in [7, 11) is 1.71. The Kier molecular flexibility index (Phi) is 10.1. The molecule has 0 amide bonds. The van der Waals surface area contributed by atoms with Gasteiger partial charge in [-0.1, -0.05) is 18.2 Å². The molecule has 0 radical (unpaired) electrons. The van der Waals surface area contributed by atoms with Gasteiger partial charge in [-0.3, -0.25) is 9.58 Å². The van der Waals surface area contributed by atoms with Crippen molar-refractivity contribution in [1.29, 1.82) is 0 Å². The Balaban J connectivity index is 1.93. The van der Waals surface area contributed by atoms with Gasteiger partial charge in [0.25, 0.3) is 0 Å². The molecule has 1 aromatic carbocycles. The molecular formula is C31H47N5O4. The van der Waals surface area contributed by atoms with E-state index in [1.165, 1.54) is 0 Å². The molecule has 9 nitrogen and oxygen atoms in total. The predicted molar refractivity (Wildman–Crippen MR) is 159 cm³/mol. The van der Waals surface area contributed by atoms with Crippen LogP contribution in [-0.2, 0) is 33.7 Å². The van der Waals surface area contributed by atoms with Crippen LogP contribution in [0.5, 0.6) is 0 Å². The summed E-state index contributed by atoms with van der Waals surface area (Å²) < 4.78 is 21.3. The van der Waals surface area contributed by atoms with E-state index in [0.29, 0.717) is 25.4 Å². The average molecular weight is 554 g/mol. The zero-order valence-corrected chi connectivity index (χ0v) is 25.2. The molecule has 0 bridgehead atoms. The first-order valence-electron chi connectivity index (χ1n) is 14.6. The van der Waals surface area contributed by atoms with Gasteiger partial charge in [0.05, 0.1) is 24.4 Å². The summed E-state index contributed by atoms with van der Waals surface area (Å²) in [6, 6.07) is 6.40. The number of fused-ring (bicyclic) bond motifs is 1. The molecule has 0 saturated carbocycles. The van der Waals surface area contributed by atoms with E-state index in [9.17, 15) is 4.79 Å². The number of carbonyl (C=O) groups excluding carboxylic acids is 1. The van der Waals surface area contributed by atoms with Gasteiger partial charge in [-0.15, -0.1) is 0 Å². The number of hydrogen-bond donors (Lipinski definition) is 1. The number of esters is 1. The standard InChI is InChI=1S/C31H47N5O4/c1-22-27(23(2)36(33-22)14-9-13-32)26-11-7-10-24-25(12-8-19-38-6)29(30(37)40-31(3,4)5)35(28(24)26)16-15-34-17-20-39-21-18-34/h7,10-11H,8-9,12-21,32H2,1-6H3. The highest BCUT2D eigenvalue weighted by molar-refractivity contribution is 6.05. The van der Waals surface area contributed by atoms with Gasteiger partial charge >= 0.3 is 5.97 Å². The second-order valence-electron chi connectivity index (χ2n) is 11.6. The molecule has 2 N–H and O–H groups in total. The number of nitrogens with two attached hydrogens (primary N) is 1. The number of ether oxygens (including phenoxy) is 3. The smallest absolute Gasteiger partial charge is 0.355 e. The highest BCUT2D eigenvalue weighted by Gasteiger charge is 2.29. The molecule has 1 aliphatic heterocycles. The van der Waals surface area contributed by atoms with E-state index in [1.54, 1.807) is 7.11 Å². The normalized spacial score (nSPS) is 14.8. The van der Waals surface area contributed by atoms with Gasteiger partial charge in [0.1, 0.15) is 11.3 Å². The van der Waals surface area contributed by atoms with Crippen LogP contribution in [0.4, 0.5) is 0 Å². The first-order valence-corrected chi connectivity index (χ1v) is 14.6. The van der Waals surface area contributed by atoms with Crippen molar-refractivity contribution in [3.8, 4) is 11.1 Å². The molecule has 9 heteroatoms. The lowest BCUT2D eigenvalue weighted by Gasteiger charge is -2.27. The van der Waals surface area contributed by atoms with Gasteiger partial charge in [-0.05, 0) is 66.0 Å². The number of carbonyl (C=O) groups is 1. The monoisotopic (exact) mass is 553 g/mol. The molecule has 1 fully saturated rings. The van der Waals surface area contributed by atoms with Gasteiger partial charge in [-0.2, -0.15) is 5.10 Å². The van der Waals surface area contributed by atoms with Crippen LogP contribution >= 0.6 is 0 Å². The van der Waals surface area contributed by atoms with Crippen LogP contribution < -0.4 is 5.73 Å². The van der Waals surface area contributed by atoms with Gasteiger partial charge in [0.2, 0.25) is 0 Å². The fraction of sp³-hybridized carbons (Fsp3) is 0.613. The maximum absolute atomic E-state index is 13.9. The molecule has 1 saturated heterocycles.